The van der Waals surface area contributed by atoms with Crippen LogP contribution >= 0.6 is 0 Å². The second-order valence-corrected chi connectivity index (χ2v) is 4.78. The molecule has 3 rings (SSSR count). The van der Waals surface area contributed by atoms with Gasteiger partial charge < -0.3 is 9.88 Å². The van der Waals surface area contributed by atoms with Crippen molar-refractivity contribution in [3.8, 4) is 11.3 Å². The summed E-state index contributed by atoms with van der Waals surface area (Å²) in [6.45, 7) is 2.17. The third-order valence-electron chi connectivity index (χ3n) is 3.56. The number of pyridine rings is 1. The number of hydrogen-bond donors (Lipinski definition) is 1. The van der Waals surface area contributed by atoms with Crippen LogP contribution < -0.4 is 5.32 Å². The molecule has 2 aromatic heterocycles. The second-order valence-electron chi connectivity index (χ2n) is 4.78. The van der Waals surface area contributed by atoms with Crippen molar-refractivity contribution >= 4 is 0 Å². The lowest BCUT2D eigenvalue weighted by Crippen LogP contribution is -2.23. The average molecular weight is 242 g/mol. The van der Waals surface area contributed by atoms with Gasteiger partial charge in [0.2, 0.25) is 0 Å². The van der Waals surface area contributed by atoms with E-state index in [0.29, 0.717) is 6.04 Å². The Hall–Kier alpha value is -1.68. The summed E-state index contributed by atoms with van der Waals surface area (Å²) in [7, 11) is 0. The highest BCUT2D eigenvalue weighted by Gasteiger charge is 2.16. The number of nitrogens with zero attached hydrogens (tertiary/aromatic N) is 3. The molecule has 1 aliphatic rings. The molecule has 1 saturated heterocycles. The summed E-state index contributed by atoms with van der Waals surface area (Å²) in [6, 6.07) is 4.59. The molecule has 1 fully saturated rings. The lowest BCUT2D eigenvalue weighted by molar-refractivity contribution is 0.464. The minimum absolute atomic E-state index is 0.512. The predicted octanol–water partition coefficient (Wildman–Crippen LogP) is 2.26. The van der Waals surface area contributed by atoms with Crippen molar-refractivity contribution in [3.63, 3.8) is 0 Å². The van der Waals surface area contributed by atoms with Crippen molar-refractivity contribution in [3.05, 3.63) is 37.1 Å². The first kappa shape index (κ1) is 11.4. The van der Waals surface area contributed by atoms with Crippen LogP contribution in [0.1, 0.15) is 25.3 Å². The van der Waals surface area contributed by atoms with Crippen LogP contribution in [0.5, 0.6) is 0 Å². The second kappa shape index (κ2) is 5.31. The molecule has 0 radical (unpaired) electrons. The van der Waals surface area contributed by atoms with Crippen molar-refractivity contribution in [2.45, 2.75) is 25.3 Å². The Kier molecular flexibility index (Phi) is 3.37. The summed E-state index contributed by atoms with van der Waals surface area (Å²) in [5, 5.41) is 3.50. The fourth-order valence-corrected chi connectivity index (χ4v) is 2.58. The number of aromatic nitrogens is 3. The Morgan fingerprint density at radius 3 is 2.94 bits per heavy atom. The summed E-state index contributed by atoms with van der Waals surface area (Å²) in [5.74, 6) is 0. The molecular weight excluding hydrogens is 224 g/mol. The van der Waals surface area contributed by atoms with Crippen molar-refractivity contribution in [1.82, 2.24) is 19.9 Å². The molecule has 1 atom stereocenters. The number of nitrogens with one attached hydrogen (secondary N) is 1. The van der Waals surface area contributed by atoms with E-state index < -0.39 is 0 Å². The normalized spacial score (nSPS) is 20.6. The van der Waals surface area contributed by atoms with E-state index in [9.17, 15) is 0 Å². The Bertz CT molecular complexity index is 484. The summed E-state index contributed by atoms with van der Waals surface area (Å²) < 4.78 is 2.30. The van der Waals surface area contributed by atoms with Crippen LogP contribution in [-0.2, 0) is 0 Å². The first-order chi connectivity index (χ1) is 8.95. The van der Waals surface area contributed by atoms with Crippen molar-refractivity contribution in [2.24, 2.45) is 0 Å². The molecular formula is C14H18N4. The highest BCUT2D eigenvalue weighted by atomic mass is 15.1. The Labute approximate surface area is 107 Å². The van der Waals surface area contributed by atoms with Gasteiger partial charge in [0.05, 0.1) is 18.2 Å². The van der Waals surface area contributed by atoms with Crippen molar-refractivity contribution < 1.29 is 0 Å². The number of imidazole rings is 1. The van der Waals surface area contributed by atoms with Gasteiger partial charge in [0.1, 0.15) is 0 Å². The summed E-state index contributed by atoms with van der Waals surface area (Å²) >= 11 is 0. The SMILES string of the molecule is c1cc(-c2cncn2C2CCCCNC2)ccn1. The van der Waals surface area contributed by atoms with E-state index in [1.165, 1.54) is 30.5 Å². The lowest BCUT2D eigenvalue weighted by atomic mass is 10.1. The van der Waals surface area contributed by atoms with Gasteiger partial charge >= 0.3 is 0 Å². The van der Waals surface area contributed by atoms with E-state index in [-0.39, 0.29) is 0 Å². The maximum absolute atomic E-state index is 4.32. The van der Waals surface area contributed by atoms with E-state index in [2.05, 4.69) is 19.9 Å². The molecule has 3 heterocycles. The molecule has 2 aromatic rings. The average Bonchev–Trinajstić information content (AvgIpc) is 2.75. The number of rotatable bonds is 2. The molecule has 18 heavy (non-hydrogen) atoms. The van der Waals surface area contributed by atoms with E-state index in [1.807, 2.05) is 37.1 Å². The Morgan fingerprint density at radius 1 is 1.17 bits per heavy atom. The molecule has 0 bridgehead atoms. The first-order valence-corrected chi connectivity index (χ1v) is 6.58. The largest absolute Gasteiger partial charge is 0.326 e. The molecule has 1 unspecified atom stereocenters. The van der Waals surface area contributed by atoms with Gasteiger partial charge in [0.15, 0.2) is 0 Å². The zero-order valence-corrected chi connectivity index (χ0v) is 10.4. The van der Waals surface area contributed by atoms with Gasteiger partial charge in [-0.25, -0.2) is 4.98 Å². The van der Waals surface area contributed by atoms with E-state index >= 15 is 0 Å². The van der Waals surface area contributed by atoms with Crippen LogP contribution in [0.25, 0.3) is 11.3 Å². The van der Waals surface area contributed by atoms with Gasteiger partial charge in [0.25, 0.3) is 0 Å². The minimum atomic E-state index is 0.512. The van der Waals surface area contributed by atoms with E-state index in [0.717, 1.165) is 13.1 Å². The molecule has 0 aliphatic carbocycles. The molecule has 0 amide bonds. The minimum Gasteiger partial charge on any atom is -0.326 e. The fourth-order valence-electron chi connectivity index (χ4n) is 2.58. The standard InChI is InChI=1S/C14H18N4/c1-2-6-16-9-13(3-1)18-11-17-10-14(18)12-4-7-15-8-5-12/h4-5,7-8,10-11,13,16H,1-3,6,9H2. The van der Waals surface area contributed by atoms with E-state index in [4.69, 9.17) is 0 Å². The molecule has 1 aliphatic heterocycles. The zero-order chi connectivity index (χ0) is 12.2. The summed E-state index contributed by atoms with van der Waals surface area (Å²) in [6.07, 6.45) is 11.3. The maximum atomic E-state index is 4.32. The lowest BCUT2D eigenvalue weighted by Gasteiger charge is -2.19. The monoisotopic (exact) mass is 242 g/mol. The van der Waals surface area contributed by atoms with Gasteiger partial charge in [-0.05, 0) is 31.5 Å². The quantitative estimate of drug-likeness (QED) is 0.878. The Morgan fingerprint density at radius 2 is 2.06 bits per heavy atom. The first-order valence-electron chi connectivity index (χ1n) is 6.58. The predicted molar refractivity (Wildman–Crippen MR) is 71.2 cm³/mol. The molecule has 4 heteroatoms. The third-order valence-corrected chi connectivity index (χ3v) is 3.56. The van der Waals surface area contributed by atoms with Crippen LogP contribution in [0.2, 0.25) is 0 Å². The van der Waals surface area contributed by atoms with Crippen LogP contribution in [-0.4, -0.2) is 27.6 Å². The van der Waals surface area contributed by atoms with Gasteiger partial charge in [-0.2, -0.15) is 0 Å². The molecule has 0 saturated carbocycles. The molecule has 0 aromatic carbocycles. The van der Waals surface area contributed by atoms with Gasteiger partial charge in [-0.3, -0.25) is 4.98 Å². The van der Waals surface area contributed by atoms with Crippen LogP contribution in [0.15, 0.2) is 37.1 Å². The summed E-state index contributed by atoms with van der Waals surface area (Å²) in [5.41, 5.74) is 2.37. The maximum Gasteiger partial charge on any atom is 0.0954 e. The van der Waals surface area contributed by atoms with Crippen molar-refractivity contribution in [1.29, 1.82) is 0 Å². The fraction of sp³-hybridized carbons (Fsp3) is 0.429. The van der Waals surface area contributed by atoms with E-state index in [1.54, 1.807) is 0 Å². The number of hydrogen-bond acceptors (Lipinski definition) is 3. The Balaban J connectivity index is 1.91. The molecule has 1 N–H and O–H groups in total. The summed E-state index contributed by atoms with van der Waals surface area (Å²) in [4.78, 5) is 8.39. The third kappa shape index (κ3) is 2.29. The van der Waals surface area contributed by atoms with Gasteiger partial charge in [0, 0.05) is 30.5 Å². The van der Waals surface area contributed by atoms with Crippen LogP contribution in [0.3, 0.4) is 0 Å². The molecule has 4 nitrogen and oxygen atoms in total. The topological polar surface area (TPSA) is 42.7 Å². The van der Waals surface area contributed by atoms with Gasteiger partial charge in [-0.15, -0.1) is 0 Å². The molecule has 0 spiro atoms. The van der Waals surface area contributed by atoms with Gasteiger partial charge in [-0.1, -0.05) is 6.42 Å². The van der Waals surface area contributed by atoms with Crippen LogP contribution in [0.4, 0.5) is 0 Å². The zero-order valence-electron chi connectivity index (χ0n) is 10.4. The molecule has 94 valence electrons. The van der Waals surface area contributed by atoms with Crippen molar-refractivity contribution in [2.75, 3.05) is 13.1 Å². The highest BCUT2D eigenvalue weighted by molar-refractivity contribution is 5.58. The van der Waals surface area contributed by atoms with Crippen LogP contribution in [0, 0.1) is 0 Å². The smallest absolute Gasteiger partial charge is 0.0954 e. The highest BCUT2D eigenvalue weighted by Crippen LogP contribution is 2.25.